The van der Waals surface area contributed by atoms with Crippen molar-refractivity contribution < 1.29 is 14.6 Å². The highest BCUT2D eigenvalue weighted by atomic mass is 32.2. The SMILES string of the molecule is CC(C)OC[C@@H](O)CN1CCC[C@H]1C(=O)N1CCSCC1. The molecule has 0 aromatic heterocycles. The molecule has 2 fully saturated rings. The summed E-state index contributed by atoms with van der Waals surface area (Å²) in [6.07, 6.45) is 1.57. The first-order valence-electron chi connectivity index (χ1n) is 7.98. The highest BCUT2D eigenvalue weighted by Crippen LogP contribution is 2.21. The van der Waals surface area contributed by atoms with E-state index in [-0.39, 0.29) is 18.1 Å². The maximum absolute atomic E-state index is 12.6. The van der Waals surface area contributed by atoms with Crippen LogP contribution in [0.15, 0.2) is 0 Å². The van der Waals surface area contributed by atoms with Gasteiger partial charge in [-0.05, 0) is 33.2 Å². The number of carbonyl (C=O) groups is 1. The zero-order valence-electron chi connectivity index (χ0n) is 13.2. The Morgan fingerprint density at radius 3 is 2.71 bits per heavy atom. The van der Waals surface area contributed by atoms with Crippen molar-refractivity contribution in [1.82, 2.24) is 9.80 Å². The molecule has 0 aliphatic carbocycles. The highest BCUT2D eigenvalue weighted by Gasteiger charge is 2.34. The molecule has 2 aliphatic rings. The van der Waals surface area contributed by atoms with Crippen molar-refractivity contribution in [3.8, 4) is 0 Å². The van der Waals surface area contributed by atoms with Gasteiger partial charge < -0.3 is 14.7 Å². The number of likely N-dealkylation sites (tertiary alicyclic amines) is 1. The van der Waals surface area contributed by atoms with Crippen LogP contribution in [-0.2, 0) is 9.53 Å². The summed E-state index contributed by atoms with van der Waals surface area (Å²) in [5.41, 5.74) is 0. The van der Waals surface area contributed by atoms with Crippen LogP contribution in [0.1, 0.15) is 26.7 Å². The molecule has 2 heterocycles. The molecule has 2 atom stereocenters. The number of carbonyl (C=O) groups excluding carboxylic acids is 1. The van der Waals surface area contributed by atoms with Gasteiger partial charge in [0, 0.05) is 31.1 Å². The Morgan fingerprint density at radius 2 is 2.05 bits per heavy atom. The molecular weight excluding hydrogens is 288 g/mol. The number of β-amino-alcohol motifs (C(OH)–C–C–N with tert-alkyl or cyclic N) is 1. The first-order chi connectivity index (χ1) is 10.1. The summed E-state index contributed by atoms with van der Waals surface area (Å²) >= 11 is 1.92. The Hall–Kier alpha value is -0.300. The van der Waals surface area contributed by atoms with E-state index in [0.29, 0.717) is 13.2 Å². The number of aliphatic hydroxyl groups is 1. The van der Waals surface area contributed by atoms with Crippen LogP contribution in [-0.4, -0.2) is 83.4 Å². The smallest absolute Gasteiger partial charge is 0.239 e. The van der Waals surface area contributed by atoms with Crippen LogP contribution in [0.4, 0.5) is 0 Å². The average Bonchev–Trinajstić information content (AvgIpc) is 2.93. The predicted molar refractivity (Wildman–Crippen MR) is 85.6 cm³/mol. The number of aliphatic hydroxyl groups excluding tert-OH is 1. The van der Waals surface area contributed by atoms with Crippen molar-refractivity contribution >= 4 is 17.7 Å². The standard InChI is InChI=1S/C15H28N2O3S/c1-12(2)20-11-13(18)10-17-5-3-4-14(17)15(19)16-6-8-21-9-7-16/h12-14,18H,3-11H2,1-2H3/t13-,14-/m0/s1. The van der Waals surface area contributed by atoms with Gasteiger partial charge in [-0.15, -0.1) is 0 Å². The van der Waals surface area contributed by atoms with Crippen molar-refractivity contribution in [2.75, 3.05) is 44.3 Å². The molecule has 0 aromatic rings. The lowest BCUT2D eigenvalue weighted by Gasteiger charge is -2.33. The van der Waals surface area contributed by atoms with Crippen molar-refractivity contribution in [2.24, 2.45) is 0 Å². The molecule has 6 heteroatoms. The number of amides is 1. The van der Waals surface area contributed by atoms with Gasteiger partial charge in [-0.3, -0.25) is 9.69 Å². The average molecular weight is 316 g/mol. The fourth-order valence-electron chi connectivity index (χ4n) is 2.95. The van der Waals surface area contributed by atoms with Crippen molar-refractivity contribution in [3.63, 3.8) is 0 Å². The molecule has 122 valence electrons. The summed E-state index contributed by atoms with van der Waals surface area (Å²) in [5.74, 6) is 2.34. The van der Waals surface area contributed by atoms with E-state index in [1.165, 1.54) is 0 Å². The van der Waals surface area contributed by atoms with E-state index in [2.05, 4.69) is 4.90 Å². The first-order valence-corrected chi connectivity index (χ1v) is 9.13. The van der Waals surface area contributed by atoms with Gasteiger partial charge in [0.25, 0.3) is 0 Å². The third kappa shape index (κ3) is 5.13. The molecule has 2 rings (SSSR count). The zero-order chi connectivity index (χ0) is 15.2. The minimum Gasteiger partial charge on any atom is -0.389 e. The Labute approximate surface area is 132 Å². The number of thioether (sulfide) groups is 1. The van der Waals surface area contributed by atoms with Gasteiger partial charge in [-0.1, -0.05) is 0 Å². The Morgan fingerprint density at radius 1 is 1.33 bits per heavy atom. The zero-order valence-corrected chi connectivity index (χ0v) is 14.0. The maximum Gasteiger partial charge on any atom is 0.239 e. The maximum atomic E-state index is 12.6. The molecule has 0 aromatic carbocycles. The van der Waals surface area contributed by atoms with Gasteiger partial charge in [0.05, 0.1) is 24.9 Å². The van der Waals surface area contributed by atoms with Crippen LogP contribution in [0.2, 0.25) is 0 Å². The van der Waals surface area contributed by atoms with Crippen LogP contribution < -0.4 is 0 Å². The summed E-state index contributed by atoms with van der Waals surface area (Å²) in [7, 11) is 0. The van der Waals surface area contributed by atoms with Gasteiger partial charge in [0.2, 0.25) is 5.91 Å². The predicted octanol–water partition coefficient (Wildman–Crippen LogP) is 0.812. The molecule has 5 nitrogen and oxygen atoms in total. The van der Waals surface area contributed by atoms with Gasteiger partial charge in [-0.25, -0.2) is 0 Å². The van der Waals surface area contributed by atoms with Gasteiger partial charge in [0.1, 0.15) is 0 Å². The number of hydrogen-bond acceptors (Lipinski definition) is 5. The fourth-order valence-corrected chi connectivity index (χ4v) is 3.85. The topological polar surface area (TPSA) is 53.0 Å². The summed E-state index contributed by atoms with van der Waals surface area (Å²) < 4.78 is 5.45. The largest absolute Gasteiger partial charge is 0.389 e. The lowest BCUT2D eigenvalue weighted by molar-refractivity contribution is -0.136. The molecule has 1 amide bonds. The van der Waals surface area contributed by atoms with Crippen LogP contribution in [0.25, 0.3) is 0 Å². The van der Waals surface area contributed by atoms with Gasteiger partial charge >= 0.3 is 0 Å². The van der Waals surface area contributed by atoms with Gasteiger partial charge in [-0.2, -0.15) is 11.8 Å². The Balaban J connectivity index is 1.83. The molecule has 2 aliphatic heterocycles. The normalized spacial score (nSPS) is 25.5. The van der Waals surface area contributed by atoms with E-state index in [4.69, 9.17) is 4.74 Å². The second-order valence-electron chi connectivity index (χ2n) is 6.13. The number of nitrogens with zero attached hydrogens (tertiary/aromatic N) is 2. The van der Waals surface area contributed by atoms with E-state index in [1.807, 2.05) is 30.5 Å². The second-order valence-corrected chi connectivity index (χ2v) is 7.35. The van der Waals surface area contributed by atoms with Crippen LogP contribution in [0, 0.1) is 0 Å². The van der Waals surface area contributed by atoms with E-state index in [9.17, 15) is 9.90 Å². The molecule has 0 saturated carbocycles. The molecule has 0 spiro atoms. The minimum atomic E-state index is -0.516. The molecule has 2 saturated heterocycles. The van der Waals surface area contributed by atoms with Gasteiger partial charge in [0.15, 0.2) is 0 Å². The quantitative estimate of drug-likeness (QED) is 0.786. The van der Waals surface area contributed by atoms with E-state index in [1.54, 1.807) is 0 Å². The van der Waals surface area contributed by atoms with Crippen molar-refractivity contribution in [3.05, 3.63) is 0 Å². The van der Waals surface area contributed by atoms with Crippen LogP contribution in [0.5, 0.6) is 0 Å². The number of ether oxygens (including phenoxy) is 1. The molecule has 21 heavy (non-hydrogen) atoms. The van der Waals surface area contributed by atoms with Crippen molar-refractivity contribution in [1.29, 1.82) is 0 Å². The summed E-state index contributed by atoms with van der Waals surface area (Å²) in [6.45, 7) is 7.44. The van der Waals surface area contributed by atoms with E-state index < -0.39 is 6.10 Å². The monoisotopic (exact) mass is 316 g/mol. The van der Waals surface area contributed by atoms with Crippen molar-refractivity contribution in [2.45, 2.75) is 44.9 Å². The third-order valence-corrected chi connectivity index (χ3v) is 4.98. The highest BCUT2D eigenvalue weighted by molar-refractivity contribution is 7.99. The lowest BCUT2D eigenvalue weighted by atomic mass is 10.2. The summed E-state index contributed by atoms with van der Waals surface area (Å²) in [5, 5.41) is 10.1. The lowest BCUT2D eigenvalue weighted by Crippen LogP contribution is -2.50. The second kappa shape index (κ2) is 8.36. The Kier molecular flexibility index (Phi) is 6.79. The first kappa shape index (κ1) is 17.1. The number of rotatable bonds is 6. The molecule has 0 unspecified atom stereocenters. The van der Waals surface area contributed by atoms with Crippen LogP contribution in [0.3, 0.4) is 0 Å². The summed E-state index contributed by atoms with van der Waals surface area (Å²) in [4.78, 5) is 16.8. The molecule has 0 bridgehead atoms. The van der Waals surface area contributed by atoms with Crippen LogP contribution >= 0.6 is 11.8 Å². The van der Waals surface area contributed by atoms with E-state index >= 15 is 0 Å². The third-order valence-electron chi connectivity index (χ3n) is 4.04. The number of hydrogen-bond donors (Lipinski definition) is 1. The molecular formula is C15H28N2O3S. The molecule has 0 radical (unpaired) electrons. The summed E-state index contributed by atoms with van der Waals surface area (Å²) in [6, 6.07) is -0.0400. The molecule has 1 N–H and O–H groups in total. The fraction of sp³-hybridized carbons (Fsp3) is 0.933. The minimum absolute atomic E-state index is 0.0400. The Bertz CT molecular complexity index is 335. The van der Waals surface area contributed by atoms with E-state index in [0.717, 1.165) is 44.0 Å².